The highest BCUT2D eigenvalue weighted by atomic mass is 35.5. The molecule has 0 aliphatic carbocycles. The van der Waals surface area contributed by atoms with Crippen LogP contribution in [0.25, 0.3) is 0 Å². The standard InChI is InChI=1S/C17H14ClN5O/c18-14-1-3-15(4-2-14)23-16(24)13-10-21-17(22-11-13)20-9-12-5-7-19-8-6-12/h1-8,10-11H,9H2,(H,23,24)(H,20,21,22). The van der Waals surface area contributed by atoms with Crippen molar-refractivity contribution >= 4 is 29.1 Å². The minimum Gasteiger partial charge on any atom is -0.350 e. The van der Waals surface area contributed by atoms with Gasteiger partial charge < -0.3 is 10.6 Å². The van der Waals surface area contributed by atoms with Crippen molar-refractivity contribution in [3.05, 3.63) is 77.3 Å². The Labute approximate surface area is 143 Å². The molecular formula is C17H14ClN5O. The zero-order valence-corrected chi connectivity index (χ0v) is 13.4. The molecule has 1 aromatic carbocycles. The van der Waals surface area contributed by atoms with Gasteiger partial charge in [-0.15, -0.1) is 0 Å². The van der Waals surface area contributed by atoms with E-state index in [9.17, 15) is 4.79 Å². The maximum absolute atomic E-state index is 12.1. The molecule has 1 amide bonds. The Morgan fingerprint density at radius 3 is 2.33 bits per heavy atom. The van der Waals surface area contributed by atoms with Gasteiger partial charge in [0.2, 0.25) is 5.95 Å². The van der Waals surface area contributed by atoms with Crippen LogP contribution < -0.4 is 10.6 Å². The summed E-state index contributed by atoms with van der Waals surface area (Å²) in [6.45, 7) is 0.582. The summed E-state index contributed by atoms with van der Waals surface area (Å²) < 4.78 is 0. The second-order valence-corrected chi connectivity index (χ2v) is 5.40. The van der Waals surface area contributed by atoms with Crippen molar-refractivity contribution in [2.24, 2.45) is 0 Å². The van der Waals surface area contributed by atoms with Gasteiger partial charge in [0.05, 0.1) is 5.56 Å². The number of carbonyl (C=O) groups excluding carboxylic acids is 1. The molecule has 0 aliphatic heterocycles. The Morgan fingerprint density at radius 1 is 1.00 bits per heavy atom. The summed E-state index contributed by atoms with van der Waals surface area (Å²) in [7, 11) is 0. The highest BCUT2D eigenvalue weighted by Crippen LogP contribution is 2.14. The monoisotopic (exact) mass is 339 g/mol. The van der Waals surface area contributed by atoms with E-state index in [4.69, 9.17) is 11.6 Å². The van der Waals surface area contributed by atoms with E-state index in [0.29, 0.717) is 28.8 Å². The number of benzene rings is 1. The van der Waals surface area contributed by atoms with E-state index in [2.05, 4.69) is 25.6 Å². The van der Waals surface area contributed by atoms with Crippen molar-refractivity contribution in [3.8, 4) is 0 Å². The van der Waals surface area contributed by atoms with Crippen molar-refractivity contribution in [1.29, 1.82) is 0 Å². The van der Waals surface area contributed by atoms with Gasteiger partial charge in [-0.25, -0.2) is 9.97 Å². The Balaban J connectivity index is 1.59. The number of amides is 1. The van der Waals surface area contributed by atoms with Crippen molar-refractivity contribution in [3.63, 3.8) is 0 Å². The Morgan fingerprint density at radius 2 is 1.67 bits per heavy atom. The third kappa shape index (κ3) is 4.27. The first-order valence-electron chi connectivity index (χ1n) is 7.22. The molecule has 0 bridgehead atoms. The molecule has 0 unspecified atom stereocenters. The molecular weight excluding hydrogens is 326 g/mol. The third-order valence-corrected chi connectivity index (χ3v) is 3.47. The highest BCUT2D eigenvalue weighted by Gasteiger charge is 2.07. The summed E-state index contributed by atoms with van der Waals surface area (Å²) in [6, 6.07) is 10.7. The fourth-order valence-electron chi connectivity index (χ4n) is 1.95. The number of nitrogens with zero attached hydrogens (tertiary/aromatic N) is 3. The van der Waals surface area contributed by atoms with Gasteiger partial charge in [0.1, 0.15) is 0 Å². The van der Waals surface area contributed by atoms with E-state index < -0.39 is 0 Å². The number of anilines is 2. The number of nitrogens with one attached hydrogen (secondary N) is 2. The zero-order valence-electron chi connectivity index (χ0n) is 12.6. The van der Waals surface area contributed by atoms with Gasteiger partial charge in [-0.1, -0.05) is 11.6 Å². The summed E-state index contributed by atoms with van der Waals surface area (Å²) in [4.78, 5) is 24.4. The lowest BCUT2D eigenvalue weighted by atomic mass is 10.2. The number of hydrogen-bond acceptors (Lipinski definition) is 5. The summed E-state index contributed by atoms with van der Waals surface area (Å²) in [5.41, 5.74) is 2.10. The van der Waals surface area contributed by atoms with Gasteiger partial charge in [-0.2, -0.15) is 0 Å². The van der Waals surface area contributed by atoms with E-state index in [0.717, 1.165) is 5.56 Å². The normalized spacial score (nSPS) is 10.2. The lowest BCUT2D eigenvalue weighted by Gasteiger charge is -2.07. The molecule has 0 spiro atoms. The van der Waals surface area contributed by atoms with Crippen LogP contribution in [0, 0.1) is 0 Å². The SMILES string of the molecule is O=C(Nc1ccc(Cl)cc1)c1cnc(NCc2ccncc2)nc1. The lowest BCUT2D eigenvalue weighted by Crippen LogP contribution is -2.13. The first-order valence-corrected chi connectivity index (χ1v) is 7.60. The average molecular weight is 340 g/mol. The number of aromatic nitrogens is 3. The maximum Gasteiger partial charge on any atom is 0.258 e. The fraction of sp³-hybridized carbons (Fsp3) is 0.0588. The van der Waals surface area contributed by atoms with Crippen LogP contribution in [0.3, 0.4) is 0 Å². The van der Waals surface area contributed by atoms with Gasteiger partial charge in [-0.3, -0.25) is 9.78 Å². The van der Waals surface area contributed by atoms with Gasteiger partial charge in [0.15, 0.2) is 0 Å². The topological polar surface area (TPSA) is 79.8 Å². The maximum atomic E-state index is 12.1. The molecule has 7 heteroatoms. The molecule has 3 rings (SSSR count). The average Bonchev–Trinajstić information content (AvgIpc) is 2.63. The van der Waals surface area contributed by atoms with Crippen LogP contribution in [0.5, 0.6) is 0 Å². The number of carbonyl (C=O) groups is 1. The second kappa shape index (κ2) is 7.52. The predicted octanol–water partition coefficient (Wildman–Crippen LogP) is 3.39. The predicted molar refractivity (Wildman–Crippen MR) is 93.0 cm³/mol. The van der Waals surface area contributed by atoms with Crippen molar-refractivity contribution < 1.29 is 4.79 Å². The molecule has 0 saturated carbocycles. The van der Waals surface area contributed by atoms with Gasteiger partial charge in [0.25, 0.3) is 5.91 Å². The third-order valence-electron chi connectivity index (χ3n) is 3.22. The smallest absolute Gasteiger partial charge is 0.258 e. The molecule has 0 saturated heterocycles. The minimum atomic E-state index is -0.280. The first kappa shape index (κ1) is 15.9. The molecule has 2 N–H and O–H groups in total. The van der Waals surface area contributed by atoms with Crippen LogP contribution in [0.2, 0.25) is 5.02 Å². The van der Waals surface area contributed by atoms with Crippen molar-refractivity contribution in [1.82, 2.24) is 15.0 Å². The van der Waals surface area contributed by atoms with Crippen LogP contribution in [0.4, 0.5) is 11.6 Å². The minimum absolute atomic E-state index is 0.280. The molecule has 120 valence electrons. The van der Waals surface area contributed by atoms with E-state index in [1.807, 2.05) is 12.1 Å². The van der Waals surface area contributed by atoms with Crippen LogP contribution in [-0.2, 0) is 6.54 Å². The van der Waals surface area contributed by atoms with Crippen LogP contribution in [0.1, 0.15) is 15.9 Å². The fourth-order valence-corrected chi connectivity index (χ4v) is 2.08. The molecule has 0 radical (unpaired) electrons. The molecule has 6 nitrogen and oxygen atoms in total. The summed E-state index contributed by atoms with van der Waals surface area (Å²) >= 11 is 5.81. The highest BCUT2D eigenvalue weighted by molar-refractivity contribution is 6.30. The summed E-state index contributed by atoms with van der Waals surface area (Å²) in [5, 5.41) is 6.46. The van der Waals surface area contributed by atoms with Gasteiger partial charge in [0, 0.05) is 42.0 Å². The molecule has 24 heavy (non-hydrogen) atoms. The van der Waals surface area contributed by atoms with Crippen molar-refractivity contribution in [2.45, 2.75) is 6.54 Å². The summed E-state index contributed by atoms with van der Waals surface area (Å²) in [5.74, 6) is 0.174. The van der Waals surface area contributed by atoms with E-state index in [1.165, 1.54) is 12.4 Å². The molecule has 0 atom stereocenters. The van der Waals surface area contributed by atoms with Crippen LogP contribution in [-0.4, -0.2) is 20.9 Å². The van der Waals surface area contributed by atoms with Crippen LogP contribution in [0.15, 0.2) is 61.2 Å². The molecule has 0 fully saturated rings. The lowest BCUT2D eigenvalue weighted by molar-refractivity contribution is 0.102. The van der Waals surface area contributed by atoms with Gasteiger partial charge >= 0.3 is 0 Å². The molecule has 0 aliphatic rings. The first-order chi connectivity index (χ1) is 11.7. The van der Waals surface area contributed by atoms with Crippen LogP contribution >= 0.6 is 11.6 Å². The quantitative estimate of drug-likeness (QED) is 0.744. The molecule has 2 heterocycles. The largest absolute Gasteiger partial charge is 0.350 e. The van der Waals surface area contributed by atoms with Crippen molar-refractivity contribution in [2.75, 3.05) is 10.6 Å². The number of halogens is 1. The zero-order chi connectivity index (χ0) is 16.8. The number of hydrogen-bond donors (Lipinski definition) is 2. The second-order valence-electron chi connectivity index (χ2n) is 4.97. The Kier molecular flexibility index (Phi) is 4.98. The Bertz CT molecular complexity index is 807. The van der Waals surface area contributed by atoms with Gasteiger partial charge in [-0.05, 0) is 42.0 Å². The van der Waals surface area contributed by atoms with E-state index >= 15 is 0 Å². The summed E-state index contributed by atoms with van der Waals surface area (Å²) in [6.07, 6.45) is 6.41. The van der Waals surface area contributed by atoms with E-state index in [-0.39, 0.29) is 5.91 Å². The van der Waals surface area contributed by atoms with E-state index in [1.54, 1.807) is 36.7 Å². The Hall–Kier alpha value is -2.99. The number of pyridine rings is 1. The molecule has 3 aromatic rings. The molecule has 2 aromatic heterocycles. The number of rotatable bonds is 5.